The van der Waals surface area contributed by atoms with Gasteiger partial charge in [-0.3, -0.25) is 4.79 Å². The summed E-state index contributed by atoms with van der Waals surface area (Å²) < 4.78 is 15.7. The van der Waals surface area contributed by atoms with Gasteiger partial charge in [0.2, 0.25) is 0 Å². The van der Waals surface area contributed by atoms with Gasteiger partial charge in [-0.25, -0.2) is 4.39 Å². The largest absolute Gasteiger partial charge is 0.505 e. The van der Waals surface area contributed by atoms with Gasteiger partial charge in [-0.1, -0.05) is 0 Å². The van der Waals surface area contributed by atoms with E-state index in [-0.39, 0.29) is 6.42 Å². The highest BCUT2D eigenvalue weighted by atomic mass is 32.1. The third-order valence-corrected chi connectivity index (χ3v) is 4.89. The van der Waals surface area contributed by atoms with Gasteiger partial charge in [-0.15, -0.1) is 11.3 Å². The summed E-state index contributed by atoms with van der Waals surface area (Å²) in [5.41, 5.74) is 3.06. The number of aromatic nitrogens is 1. The Hall–Kier alpha value is -2.34. The van der Waals surface area contributed by atoms with Crippen molar-refractivity contribution >= 4 is 28.2 Å². The smallest absolute Gasteiger partial charge is 0.307 e. The van der Waals surface area contributed by atoms with E-state index in [2.05, 4.69) is 6.07 Å². The molecule has 0 aliphatic carbocycles. The van der Waals surface area contributed by atoms with Gasteiger partial charge in [0, 0.05) is 28.6 Å². The van der Waals surface area contributed by atoms with Crippen molar-refractivity contribution in [3.05, 3.63) is 51.1 Å². The molecule has 3 rings (SSSR count). The minimum absolute atomic E-state index is 0.164. The number of aryl methyl sites for hydroxylation is 1. The number of hydrogen-bond acceptors (Lipinski definition) is 3. The average Bonchev–Trinajstić information content (AvgIpc) is 2.98. The van der Waals surface area contributed by atoms with Crippen LogP contribution in [0.25, 0.3) is 10.9 Å². The van der Waals surface area contributed by atoms with Crippen molar-refractivity contribution in [1.82, 2.24) is 4.57 Å². The molecule has 3 aromatic rings. The van der Waals surface area contributed by atoms with Gasteiger partial charge >= 0.3 is 5.97 Å². The van der Waals surface area contributed by atoms with Crippen LogP contribution in [0, 0.1) is 19.7 Å². The van der Waals surface area contributed by atoms with Gasteiger partial charge in [0.05, 0.1) is 11.9 Å². The highest BCUT2D eigenvalue weighted by Crippen LogP contribution is 2.32. The summed E-state index contributed by atoms with van der Waals surface area (Å²) in [7, 11) is 0. The molecule has 2 N–H and O–H groups in total. The molecule has 1 aromatic carbocycles. The van der Waals surface area contributed by atoms with E-state index < -0.39 is 17.5 Å². The Morgan fingerprint density at radius 3 is 2.65 bits per heavy atom. The van der Waals surface area contributed by atoms with Gasteiger partial charge < -0.3 is 14.8 Å². The molecule has 0 radical (unpaired) electrons. The normalized spacial score (nSPS) is 11.3. The molecule has 0 aliphatic heterocycles. The molecule has 0 unspecified atom stereocenters. The molecule has 120 valence electrons. The highest BCUT2D eigenvalue weighted by molar-refractivity contribution is 7.10. The Morgan fingerprint density at radius 2 is 2.04 bits per heavy atom. The number of carbonyl (C=O) groups is 1. The first-order valence-electron chi connectivity index (χ1n) is 7.12. The Morgan fingerprint density at radius 1 is 1.30 bits per heavy atom. The van der Waals surface area contributed by atoms with Gasteiger partial charge in [-0.05, 0) is 42.5 Å². The second-order valence-electron chi connectivity index (χ2n) is 5.61. The molecule has 0 bridgehead atoms. The van der Waals surface area contributed by atoms with Gasteiger partial charge in [0.15, 0.2) is 11.6 Å². The first-order valence-corrected chi connectivity index (χ1v) is 8.00. The Labute approximate surface area is 136 Å². The fourth-order valence-electron chi connectivity index (χ4n) is 2.90. The number of aromatic hydroxyl groups is 1. The van der Waals surface area contributed by atoms with E-state index in [1.807, 2.05) is 23.8 Å². The number of hydrogen-bond donors (Lipinski definition) is 2. The zero-order chi connectivity index (χ0) is 16.7. The Bertz CT molecular complexity index is 910. The minimum Gasteiger partial charge on any atom is -0.505 e. The van der Waals surface area contributed by atoms with Crippen molar-refractivity contribution < 1.29 is 19.4 Å². The molecule has 0 fully saturated rings. The van der Waals surface area contributed by atoms with Gasteiger partial charge in [0.1, 0.15) is 0 Å². The maximum Gasteiger partial charge on any atom is 0.307 e. The van der Waals surface area contributed by atoms with Crippen LogP contribution < -0.4 is 0 Å². The molecule has 0 aliphatic rings. The second kappa shape index (κ2) is 5.70. The first-order chi connectivity index (χ1) is 10.9. The van der Waals surface area contributed by atoms with E-state index in [1.165, 1.54) is 17.0 Å². The molecule has 23 heavy (non-hydrogen) atoms. The molecular formula is C17H16FNO3S. The van der Waals surface area contributed by atoms with Crippen LogP contribution in [-0.2, 0) is 17.8 Å². The van der Waals surface area contributed by atoms with E-state index in [0.29, 0.717) is 23.0 Å². The quantitative estimate of drug-likeness (QED) is 0.762. The fourth-order valence-corrected chi connectivity index (χ4v) is 3.60. The van der Waals surface area contributed by atoms with Crippen LogP contribution in [0.3, 0.4) is 0 Å². The zero-order valence-electron chi connectivity index (χ0n) is 12.8. The highest BCUT2D eigenvalue weighted by Gasteiger charge is 2.19. The lowest BCUT2D eigenvalue weighted by Gasteiger charge is -2.07. The van der Waals surface area contributed by atoms with E-state index in [9.17, 15) is 14.3 Å². The number of phenolic OH excluding ortho intramolecular Hbond substituents is 1. The summed E-state index contributed by atoms with van der Waals surface area (Å²) in [6, 6.07) is 4.64. The Kier molecular flexibility index (Phi) is 3.85. The van der Waals surface area contributed by atoms with Gasteiger partial charge in [-0.2, -0.15) is 0 Å². The van der Waals surface area contributed by atoms with Crippen LogP contribution in [0.1, 0.15) is 21.7 Å². The maximum atomic E-state index is 13.8. The number of aliphatic carboxylic acids is 1. The number of thiophene rings is 1. The van der Waals surface area contributed by atoms with E-state index >= 15 is 0 Å². The van der Waals surface area contributed by atoms with Crippen LogP contribution in [0.2, 0.25) is 0 Å². The van der Waals surface area contributed by atoms with Crippen LogP contribution in [0.4, 0.5) is 4.39 Å². The molecule has 2 aromatic heterocycles. The topological polar surface area (TPSA) is 62.5 Å². The molecule has 0 saturated carbocycles. The summed E-state index contributed by atoms with van der Waals surface area (Å²) in [6.45, 7) is 4.38. The monoisotopic (exact) mass is 333 g/mol. The minimum atomic E-state index is -0.956. The molecule has 0 amide bonds. The van der Waals surface area contributed by atoms with Crippen molar-refractivity contribution in [2.24, 2.45) is 0 Å². The summed E-state index contributed by atoms with van der Waals surface area (Å²) in [5, 5.41) is 21.4. The molecule has 0 spiro atoms. The lowest BCUT2D eigenvalue weighted by atomic mass is 10.1. The fraction of sp³-hybridized carbons (Fsp3) is 0.235. The number of phenols is 1. The number of carboxylic acid groups (broad SMARTS) is 1. The average molecular weight is 333 g/mol. The molecule has 0 atom stereocenters. The maximum absolute atomic E-state index is 13.8. The first kappa shape index (κ1) is 15.6. The lowest BCUT2D eigenvalue weighted by Crippen LogP contribution is -2.04. The zero-order valence-corrected chi connectivity index (χ0v) is 13.6. The van der Waals surface area contributed by atoms with Crippen molar-refractivity contribution in [2.75, 3.05) is 0 Å². The molecule has 2 heterocycles. The summed E-state index contributed by atoms with van der Waals surface area (Å²) >= 11 is 1.64. The van der Waals surface area contributed by atoms with Crippen LogP contribution >= 0.6 is 11.3 Å². The third-order valence-electron chi connectivity index (χ3n) is 3.98. The number of benzene rings is 1. The predicted octanol–water partition coefficient (Wildman–Crippen LogP) is 3.84. The standard InChI is InChI=1S/C17H16FNO3S/c1-9-3-11(8-23-9)7-19-10(2)12(5-17(21)22)13-4-16(20)14(18)6-15(13)19/h3-4,6,8,20H,5,7H2,1-2H3,(H,21,22). The van der Waals surface area contributed by atoms with Crippen LogP contribution in [0.15, 0.2) is 23.6 Å². The number of rotatable bonds is 4. The summed E-state index contributed by atoms with van der Waals surface area (Å²) in [4.78, 5) is 12.3. The molecular weight excluding hydrogens is 317 g/mol. The lowest BCUT2D eigenvalue weighted by molar-refractivity contribution is -0.136. The molecule has 6 heteroatoms. The van der Waals surface area contributed by atoms with E-state index in [1.54, 1.807) is 11.3 Å². The van der Waals surface area contributed by atoms with Crippen molar-refractivity contribution in [1.29, 1.82) is 0 Å². The van der Waals surface area contributed by atoms with Crippen molar-refractivity contribution in [2.45, 2.75) is 26.8 Å². The number of nitrogens with zero attached hydrogens (tertiary/aromatic N) is 1. The van der Waals surface area contributed by atoms with E-state index in [0.717, 1.165) is 11.3 Å². The molecule has 4 nitrogen and oxygen atoms in total. The van der Waals surface area contributed by atoms with Crippen LogP contribution in [-0.4, -0.2) is 20.7 Å². The van der Waals surface area contributed by atoms with Crippen LogP contribution in [0.5, 0.6) is 5.75 Å². The Balaban J connectivity index is 2.21. The predicted molar refractivity (Wildman–Crippen MR) is 87.8 cm³/mol. The second-order valence-corrected chi connectivity index (χ2v) is 6.72. The number of carboxylic acids is 1. The summed E-state index contributed by atoms with van der Waals surface area (Å²) in [6.07, 6.45) is -0.164. The summed E-state index contributed by atoms with van der Waals surface area (Å²) in [5.74, 6) is -2.13. The third kappa shape index (κ3) is 2.82. The number of fused-ring (bicyclic) bond motifs is 1. The number of halogens is 1. The SMILES string of the molecule is Cc1cc(Cn2c(C)c(CC(=O)O)c3cc(O)c(F)cc32)cs1. The van der Waals surface area contributed by atoms with Crippen molar-refractivity contribution in [3.63, 3.8) is 0 Å². The molecule has 0 saturated heterocycles. The van der Waals surface area contributed by atoms with Gasteiger partial charge in [0.25, 0.3) is 0 Å². The van der Waals surface area contributed by atoms with Crippen molar-refractivity contribution in [3.8, 4) is 5.75 Å². The van der Waals surface area contributed by atoms with E-state index in [4.69, 9.17) is 5.11 Å².